The van der Waals surface area contributed by atoms with Crippen molar-refractivity contribution >= 4 is 11.8 Å². The summed E-state index contributed by atoms with van der Waals surface area (Å²) in [5.41, 5.74) is 6.52. The highest BCUT2D eigenvalue weighted by atomic mass is 16.5. The molecule has 0 aliphatic rings. The fourth-order valence-corrected chi connectivity index (χ4v) is 3.83. The van der Waals surface area contributed by atoms with Crippen LogP contribution in [0.3, 0.4) is 0 Å². The van der Waals surface area contributed by atoms with Crippen molar-refractivity contribution in [1.29, 1.82) is 0 Å². The third kappa shape index (κ3) is 7.97. The van der Waals surface area contributed by atoms with E-state index in [0.717, 1.165) is 36.8 Å². The smallest absolute Gasteiger partial charge is 0.347 e. The fourth-order valence-electron chi connectivity index (χ4n) is 3.83. The van der Waals surface area contributed by atoms with E-state index in [4.69, 9.17) is 10.5 Å². The van der Waals surface area contributed by atoms with Crippen LogP contribution in [0.25, 0.3) is 0 Å². The van der Waals surface area contributed by atoms with Crippen molar-refractivity contribution in [3.63, 3.8) is 0 Å². The number of nitrogens with zero attached hydrogens (tertiary/aromatic N) is 1. The molecule has 0 spiro atoms. The Morgan fingerprint density at radius 3 is 2.55 bits per heavy atom. The summed E-state index contributed by atoms with van der Waals surface area (Å²) in [6.07, 6.45) is 10.0. The molecule has 180 valence electrons. The van der Waals surface area contributed by atoms with Gasteiger partial charge in [0.25, 0.3) is 0 Å². The summed E-state index contributed by atoms with van der Waals surface area (Å²) in [4.78, 5) is 28.7. The average Bonchev–Trinajstić information content (AvgIpc) is 2.81. The van der Waals surface area contributed by atoms with E-state index in [2.05, 4.69) is 11.9 Å². The van der Waals surface area contributed by atoms with Crippen molar-refractivity contribution in [3.05, 3.63) is 59.9 Å². The van der Waals surface area contributed by atoms with Gasteiger partial charge in [0.1, 0.15) is 11.5 Å². The number of carbonyl (C=O) groups excluding carboxylic acids is 1. The number of nitrogens with two attached hydrogens (primary N) is 1. The van der Waals surface area contributed by atoms with Crippen LogP contribution in [0.2, 0.25) is 0 Å². The van der Waals surface area contributed by atoms with Crippen molar-refractivity contribution < 1.29 is 19.4 Å². The molecule has 0 radical (unpaired) electrons. The summed E-state index contributed by atoms with van der Waals surface area (Å²) in [6, 6.07) is 11.1. The van der Waals surface area contributed by atoms with E-state index < -0.39 is 17.1 Å². The van der Waals surface area contributed by atoms with E-state index >= 15 is 0 Å². The summed E-state index contributed by atoms with van der Waals surface area (Å²) >= 11 is 0. The predicted molar refractivity (Wildman–Crippen MR) is 130 cm³/mol. The van der Waals surface area contributed by atoms with Crippen LogP contribution in [0.4, 0.5) is 0 Å². The number of aliphatic carboxylic acids is 1. The van der Waals surface area contributed by atoms with Gasteiger partial charge in [0.15, 0.2) is 0 Å². The molecule has 0 amide bonds. The molecule has 0 bridgehead atoms. The van der Waals surface area contributed by atoms with Crippen molar-refractivity contribution in [2.24, 2.45) is 5.73 Å². The Bertz CT molecular complexity index is 902. The number of unbranched alkanes of at least 4 members (excludes halogenated alkanes) is 3. The van der Waals surface area contributed by atoms with Gasteiger partial charge in [0.05, 0.1) is 0 Å². The SMILES string of the molecule is CCCCCCC(=O)CC(N)(CCc1cccnc1)c1cccc(OC(C)(CC)C(=O)O)c1. The molecule has 0 saturated carbocycles. The first-order valence-corrected chi connectivity index (χ1v) is 11.9. The lowest BCUT2D eigenvalue weighted by Crippen LogP contribution is -2.41. The maximum absolute atomic E-state index is 12.9. The number of benzene rings is 1. The van der Waals surface area contributed by atoms with Crippen LogP contribution in [0.15, 0.2) is 48.8 Å². The standard InChI is InChI=1S/C27H38N2O4/c1-4-6-7-8-13-23(30)19-27(28,16-15-21-11-10-17-29-20-21)22-12-9-14-24(18-22)33-26(3,5-2)25(31)32/h9-12,14,17-18,20H,4-8,13,15-16,19,28H2,1-3H3,(H,31,32). The number of hydrogen-bond acceptors (Lipinski definition) is 5. The third-order valence-corrected chi connectivity index (χ3v) is 6.28. The van der Waals surface area contributed by atoms with Gasteiger partial charge in [-0.1, -0.05) is 51.3 Å². The second-order valence-corrected chi connectivity index (χ2v) is 9.06. The number of ketones is 1. The summed E-state index contributed by atoms with van der Waals surface area (Å²) in [7, 11) is 0. The summed E-state index contributed by atoms with van der Waals surface area (Å²) in [5.74, 6) is -0.436. The van der Waals surface area contributed by atoms with Crippen LogP contribution in [0.1, 0.15) is 83.3 Å². The van der Waals surface area contributed by atoms with Gasteiger partial charge in [0, 0.05) is 30.8 Å². The van der Waals surface area contributed by atoms with Crippen molar-refractivity contribution in [2.75, 3.05) is 0 Å². The number of hydrogen-bond donors (Lipinski definition) is 2. The van der Waals surface area contributed by atoms with E-state index in [0.29, 0.717) is 31.4 Å². The van der Waals surface area contributed by atoms with Crippen molar-refractivity contribution in [1.82, 2.24) is 4.98 Å². The normalized spacial score (nSPS) is 14.8. The molecule has 2 atom stereocenters. The molecular weight excluding hydrogens is 416 g/mol. The number of ether oxygens (including phenoxy) is 1. The van der Waals surface area contributed by atoms with Gasteiger partial charge < -0.3 is 15.6 Å². The fraction of sp³-hybridized carbons (Fsp3) is 0.519. The van der Waals surface area contributed by atoms with E-state index in [9.17, 15) is 14.7 Å². The van der Waals surface area contributed by atoms with Gasteiger partial charge in [-0.05, 0) is 61.9 Å². The van der Waals surface area contributed by atoms with Crippen LogP contribution < -0.4 is 10.5 Å². The zero-order valence-electron chi connectivity index (χ0n) is 20.2. The molecule has 3 N–H and O–H groups in total. The van der Waals surface area contributed by atoms with Crippen LogP contribution in [0.5, 0.6) is 5.75 Å². The summed E-state index contributed by atoms with van der Waals surface area (Å²) in [5, 5.41) is 9.57. The highest BCUT2D eigenvalue weighted by molar-refractivity contribution is 5.80. The lowest BCUT2D eigenvalue weighted by Gasteiger charge is -2.31. The third-order valence-electron chi connectivity index (χ3n) is 6.28. The predicted octanol–water partition coefficient (Wildman–Crippen LogP) is 5.43. The molecule has 0 saturated heterocycles. The number of Topliss-reactive ketones (excluding diaryl/α,β-unsaturated/α-hetero) is 1. The van der Waals surface area contributed by atoms with E-state index in [1.807, 2.05) is 24.4 Å². The molecule has 2 rings (SSSR count). The Morgan fingerprint density at radius 2 is 1.91 bits per heavy atom. The van der Waals surface area contributed by atoms with Crippen molar-refractivity contribution in [3.8, 4) is 5.75 Å². The van der Waals surface area contributed by atoms with Crippen LogP contribution in [0, 0.1) is 0 Å². The lowest BCUT2D eigenvalue weighted by molar-refractivity contribution is -0.154. The molecule has 0 aliphatic heterocycles. The van der Waals surface area contributed by atoms with Gasteiger partial charge in [-0.25, -0.2) is 4.79 Å². The molecule has 1 aromatic carbocycles. The maximum Gasteiger partial charge on any atom is 0.347 e. The molecule has 2 aromatic rings. The minimum Gasteiger partial charge on any atom is -0.478 e. The molecule has 6 nitrogen and oxygen atoms in total. The number of aromatic nitrogens is 1. The molecule has 0 aliphatic carbocycles. The molecule has 6 heteroatoms. The molecule has 2 unspecified atom stereocenters. The van der Waals surface area contributed by atoms with Crippen LogP contribution in [-0.4, -0.2) is 27.4 Å². The summed E-state index contributed by atoms with van der Waals surface area (Å²) < 4.78 is 5.86. The maximum atomic E-state index is 12.9. The Labute approximate surface area is 197 Å². The minimum atomic E-state index is -1.33. The first kappa shape index (κ1) is 26.5. The summed E-state index contributed by atoms with van der Waals surface area (Å²) in [6.45, 7) is 5.48. The first-order valence-electron chi connectivity index (χ1n) is 11.9. The average molecular weight is 455 g/mol. The Morgan fingerprint density at radius 1 is 1.12 bits per heavy atom. The second-order valence-electron chi connectivity index (χ2n) is 9.06. The van der Waals surface area contributed by atoms with E-state index in [1.54, 1.807) is 38.2 Å². The molecular formula is C27H38N2O4. The molecule has 1 aromatic heterocycles. The molecule has 33 heavy (non-hydrogen) atoms. The van der Waals surface area contributed by atoms with Crippen LogP contribution in [-0.2, 0) is 21.5 Å². The Hall–Kier alpha value is -2.73. The monoisotopic (exact) mass is 454 g/mol. The number of carbonyl (C=O) groups is 2. The number of aryl methyl sites for hydroxylation is 1. The largest absolute Gasteiger partial charge is 0.478 e. The van der Waals surface area contributed by atoms with Gasteiger partial charge in [0.2, 0.25) is 5.60 Å². The van der Waals surface area contributed by atoms with Crippen molar-refractivity contribution in [2.45, 2.75) is 89.7 Å². The molecule has 0 fully saturated rings. The number of rotatable bonds is 15. The van der Waals surface area contributed by atoms with E-state index in [1.165, 1.54) is 0 Å². The quantitative estimate of drug-likeness (QED) is 0.348. The highest BCUT2D eigenvalue weighted by Crippen LogP contribution is 2.32. The number of carboxylic acids is 1. The zero-order valence-corrected chi connectivity index (χ0v) is 20.2. The van der Waals surface area contributed by atoms with Crippen LogP contribution >= 0.6 is 0 Å². The van der Waals surface area contributed by atoms with Gasteiger partial charge in [-0.2, -0.15) is 0 Å². The van der Waals surface area contributed by atoms with Gasteiger partial charge in [-0.3, -0.25) is 9.78 Å². The first-order chi connectivity index (χ1) is 15.7. The molecule has 1 heterocycles. The zero-order chi connectivity index (χ0) is 24.3. The van der Waals surface area contributed by atoms with E-state index in [-0.39, 0.29) is 12.2 Å². The second kappa shape index (κ2) is 12.5. The number of carboxylic acid groups (broad SMARTS) is 1. The topological polar surface area (TPSA) is 103 Å². The Balaban J connectivity index is 2.26. The minimum absolute atomic E-state index is 0.148. The lowest BCUT2D eigenvalue weighted by atomic mass is 9.80. The highest BCUT2D eigenvalue weighted by Gasteiger charge is 2.35. The Kier molecular flexibility index (Phi) is 10.0. The van der Waals surface area contributed by atoms with Gasteiger partial charge >= 0.3 is 5.97 Å². The number of pyridine rings is 1. The van der Waals surface area contributed by atoms with Gasteiger partial charge in [-0.15, -0.1) is 0 Å².